The van der Waals surface area contributed by atoms with E-state index in [2.05, 4.69) is 17.0 Å². The van der Waals surface area contributed by atoms with E-state index in [1.807, 2.05) is 12.1 Å². The Hall–Kier alpha value is -1.42. The summed E-state index contributed by atoms with van der Waals surface area (Å²) < 4.78 is 0. The van der Waals surface area contributed by atoms with Gasteiger partial charge in [0.15, 0.2) is 0 Å². The summed E-state index contributed by atoms with van der Waals surface area (Å²) in [7, 11) is 0. The molecule has 0 spiro atoms. The van der Waals surface area contributed by atoms with Crippen LogP contribution in [-0.2, 0) is 13.1 Å². The first-order chi connectivity index (χ1) is 6.75. The third kappa shape index (κ3) is 1.90. The van der Waals surface area contributed by atoms with Crippen LogP contribution in [0.3, 0.4) is 0 Å². The van der Waals surface area contributed by atoms with Gasteiger partial charge in [-0.25, -0.2) is 0 Å². The van der Waals surface area contributed by atoms with Crippen LogP contribution in [0.4, 0.5) is 0 Å². The number of rotatable bonds is 3. The zero-order chi connectivity index (χ0) is 9.97. The Bertz CT molecular complexity index is 327. The van der Waals surface area contributed by atoms with Crippen LogP contribution < -0.4 is 0 Å². The van der Waals surface area contributed by atoms with Gasteiger partial charge in [0, 0.05) is 18.0 Å². The molecule has 0 atom stereocenters. The SMILES string of the molecule is O=[N+]([O-])CCN1Cc2ccccc2C1. The highest BCUT2D eigenvalue weighted by atomic mass is 16.6. The lowest BCUT2D eigenvalue weighted by Gasteiger charge is -2.10. The number of fused-ring (bicyclic) bond motifs is 1. The Kier molecular flexibility index (Phi) is 2.45. The van der Waals surface area contributed by atoms with Gasteiger partial charge in [0.2, 0.25) is 6.54 Å². The Morgan fingerprint density at radius 3 is 2.36 bits per heavy atom. The van der Waals surface area contributed by atoms with Gasteiger partial charge in [-0.2, -0.15) is 0 Å². The lowest BCUT2D eigenvalue weighted by Crippen LogP contribution is -2.23. The van der Waals surface area contributed by atoms with Crippen LogP contribution in [0, 0.1) is 10.1 Å². The summed E-state index contributed by atoms with van der Waals surface area (Å²) in [5.41, 5.74) is 2.60. The predicted octanol–water partition coefficient (Wildman–Crippen LogP) is 1.28. The van der Waals surface area contributed by atoms with Gasteiger partial charge < -0.3 is 0 Å². The molecule has 0 fully saturated rings. The molecule has 1 heterocycles. The van der Waals surface area contributed by atoms with E-state index in [1.54, 1.807) is 0 Å². The molecular weight excluding hydrogens is 180 g/mol. The molecule has 4 heteroatoms. The first-order valence-corrected chi connectivity index (χ1v) is 4.66. The lowest BCUT2D eigenvalue weighted by atomic mass is 10.1. The largest absolute Gasteiger partial charge is 0.288 e. The van der Waals surface area contributed by atoms with Crippen molar-refractivity contribution in [3.63, 3.8) is 0 Å². The summed E-state index contributed by atoms with van der Waals surface area (Å²) >= 11 is 0. The van der Waals surface area contributed by atoms with Crippen molar-refractivity contribution in [1.82, 2.24) is 4.90 Å². The average Bonchev–Trinajstić information content (AvgIpc) is 2.57. The van der Waals surface area contributed by atoms with E-state index >= 15 is 0 Å². The maximum absolute atomic E-state index is 10.2. The fourth-order valence-electron chi connectivity index (χ4n) is 1.78. The second-order valence-corrected chi connectivity index (χ2v) is 3.54. The van der Waals surface area contributed by atoms with Gasteiger partial charge in [-0.15, -0.1) is 0 Å². The molecule has 0 aromatic heterocycles. The number of nitrogens with zero attached hydrogens (tertiary/aromatic N) is 2. The minimum Gasteiger partial charge on any atom is -0.288 e. The number of hydrogen-bond acceptors (Lipinski definition) is 3. The number of benzene rings is 1. The fraction of sp³-hybridized carbons (Fsp3) is 0.400. The van der Waals surface area contributed by atoms with Gasteiger partial charge >= 0.3 is 0 Å². The molecule has 1 aliphatic rings. The van der Waals surface area contributed by atoms with E-state index in [0.717, 1.165) is 13.1 Å². The molecule has 14 heavy (non-hydrogen) atoms. The highest BCUT2D eigenvalue weighted by Gasteiger charge is 2.18. The molecule has 1 aromatic rings. The van der Waals surface area contributed by atoms with Crippen molar-refractivity contribution in [1.29, 1.82) is 0 Å². The monoisotopic (exact) mass is 192 g/mol. The second-order valence-electron chi connectivity index (χ2n) is 3.54. The van der Waals surface area contributed by atoms with Crippen molar-refractivity contribution in [3.05, 3.63) is 45.5 Å². The maximum atomic E-state index is 10.2. The summed E-state index contributed by atoms with van der Waals surface area (Å²) in [5.74, 6) is 0. The highest BCUT2D eigenvalue weighted by Crippen LogP contribution is 2.21. The summed E-state index contributed by atoms with van der Waals surface area (Å²) in [6.45, 7) is 2.28. The van der Waals surface area contributed by atoms with Gasteiger partial charge in [-0.05, 0) is 11.1 Å². The zero-order valence-corrected chi connectivity index (χ0v) is 7.85. The first-order valence-electron chi connectivity index (χ1n) is 4.66. The molecule has 0 saturated heterocycles. The highest BCUT2D eigenvalue weighted by molar-refractivity contribution is 5.30. The van der Waals surface area contributed by atoms with Gasteiger partial charge in [0.05, 0.1) is 6.54 Å². The van der Waals surface area contributed by atoms with E-state index < -0.39 is 0 Å². The van der Waals surface area contributed by atoms with Gasteiger partial charge in [0.25, 0.3) is 0 Å². The Morgan fingerprint density at radius 2 is 1.86 bits per heavy atom. The van der Waals surface area contributed by atoms with Crippen LogP contribution >= 0.6 is 0 Å². The normalized spacial score (nSPS) is 15.4. The second kappa shape index (κ2) is 3.75. The van der Waals surface area contributed by atoms with Crippen molar-refractivity contribution in [2.45, 2.75) is 13.1 Å². The van der Waals surface area contributed by atoms with Crippen molar-refractivity contribution >= 4 is 0 Å². The lowest BCUT2D eigenvalue weighted by molar-refractivity contribution is -0.480. The number of nitro groups is 1. The average molecular weight is 192 g/mol. The molecule has 74 valence electrons. The van der Waals surface area contributed by atoms with E-state index in [1.165, 1.54) is 11.1 Å². The van der Waals surface area contributed by atoms with Gasteiger partial charge in [-0.1, -0.05) is 24.3 Å². The van der Waals surface area contributed by atoms with Crippen molar-refractivity contribution < 1.29 is 4.92 Å². The minimum absolute atomic E-state index is 0.0357. The molecule has 1 aliphatic heterocycles. The molecule has 0 radical (unpaired) electrons. The standard InChI is InChI=1S/C10H12N2O2/c13-12(14)6-5-11-7-9-3-1-2-4-10(9)8-11/h1-4H,5-8H2. The predicted molar refractivity (Wildman–Crippen MR) is 52.4 cm³/mol. The van der Waals surface area contributed by atoms with Crippen LogP contribution in [0.15, 0.2) is 24.3 Å². The summed E-state index contributed by atoms with van der Waals surface area (Å²) in [4.78, 5) is 12.1. The molecule has 2 rings (SSSR count). The Morgan fingerprint density at radius 1 is 1.29 bits per heavy atom. The van der Waals surface area contributed by atoms with Crippen LogP contribution in [0.1, 0.15) is 11.1 Å². The molecule has 0 N–H and O–H groups in total. The zero-order valence-electron chi connectivity index (χ0n) is 7.85. The van der Waals surface area contributed by atoms with Crippen molar-refractivity contribution in [2.75, 3.05) is 13.1 Å². The van der Waals surface area contributed by atoms with E-state index in [4.69, 9.17) is 0 Å². The topological polar surface area (TPSA) is 46.4 Å². The van der Waals surface area contributed by atoms with E-state index in [9.17, 15) is 10.1 Å². The van der Waals surface area contributed by atoms with Crippen molar-refractivity contribution in [2.24, 2.45) is 0 Å². The van der Waals surface area contributed by atoms with Crippen LogP contribution in [-0.4, -0.2) is 22.9 Å². The molecular formula is C10H12N2O2. The first kappa shape index (κ1) is 9.15. The molecule has 1 aromatic carbocycles. The number of hydrogen-bond donors (Lipinski definition) is 0. The molecule has 0 aliphatic carbocycles. The third-order valence-corrected chi connectivity index (χ3v) is 2.51. The smallest absolute Gasteiger partial charge is 0.216 e. The molecule has 0 amide bonds. The summed E-state index contributed by atoms with van der Waals surface area (Å²) in [5, 5.41) is 10.2. The van der Waals surface area contributed by atoms with Crippen LogP contribution in [0.2, 0.25) is 0 Å². The summed E-state index contributed by atoms with van der Waals surface area (Å²) in [6.07, 6.45) is 0. The Balaban J connectivity index is 1.95. The molecule has 0 bridgehead atoms. The van der Waals surface area contributed by atoms with Crippen LogP contribution in [0.5, 0.6) is 0 Å². The van der Waals surface area contributed by atoms with Crippen molar-refractivity contribution in [3.8, 4) is 0 Å². The fourth-order valence-corrected chi connectivity index (χ4v) is 1.78. The molecule has 0 saturated carbocycles. The third-order valence-electron chi connectivity index (χ3n) is 2.51. The van der Waals surface area contributed by atoms with E-state index in [-0.39, 0.29) is 11.5 Å². The summed E-state index contributed by atoms with van der Waals surface area (Å²) in [6, 6.07) is 8.19. The Labute approximate surface area is 82.3 Å². The quantitative estimate of drug-likeness (QED) is 0.535. The van der Waals surface area contributed by atoms with Gasteiger partial charge in [0.1, 0.15) is 0 Å². The molecule has 0 unspecified atom stereocenters. The van der Waals surface area contributed by atoms with Crippen LogP contribution in [0.25, 0.3) is 0 Å². The molecule has 4 nitrogen and oxygen atoms in total. The minimum atomic E-state index is -0.261. The van der Waals surface area contributed by atoms with Gasteiger partial charge in [-0.3, -0.25) is 15.0 Å². The maximum Gasteiger partial charge on any atom is 0.216 e. The van der Waals surface area contributed by atoms with E-state index in [0.29, 0.717) is 6.54 Å².